The van der Waals surface area contributed by atoms with E-state index < -0.39 is 0 Å². The molecule has 3 heterocycles. The van der Waals surface area contributed by atoms with Crippen LogP contribution in [0.25, 0.3) is 11.3 Å². The lowest BCUT2D eigenvalue weighted by Gasteiger charge is -2.30. The largest absolute Gasteiger partial charge is 0.273 e. The minimum Gasteiger partial charge on any atom is -0.273 e. The quantitative estimate of drug-likeness (QED) is 0.809. The van der Waals surface area contributed by atoms with Gasteiger partial charge in [-0.05, 0) is 36.8 Å². The Hall–Kier alpha value is -2.24. The average Bonchev–Trinajstić information content (AvgIpc) is 3.12. The molecule has 0 saturated carbocycles. The summed E-state index contributed by atoms with van der Waals surface area (Å²) in [5.41, 5.74) is 4.03. The fourth-order valence-corrected chi connectivity index (χ4v) is 3.24. The van der Waals surface area contributed by atoms with E-state index in [0.717, 1.165) is 28.3 Å². The van der Waals surface area contributed by atoms with Crippen molar-refractivity contribution in [2.75, 3.05) is 11.6 Å². The van der Waals surface area contributed by atoms with E-state index in [1.165, 1.54) is 0 Å². The van der Waals surface area contributed by atoms with E-state index in [1.807, 2.05) is 53.4 Å². The van der Waals surface area contributed by atoms with Crippen LogP contribution in [0.2, 0.25) is 5.02 Å². The fraction of sp³-hybridized carbons (Fsp3) is 0.176. The minimum atomic E-state index is 0.483. The van der Waals surface area contributed by atoms with Crippen molar-refractivity contribution in [1.82, 2.24) is 14.8 Å². The molecule has 2 aliphatic heterocycles. The molecule has 5 nitrogen and oxygen atoms in total. The summed E-state index contributed by atoms with van der Waals surface area (Å²) in [6.07, 6.45) is 7.72. The second-order valence-electron chi connectivity index (χ2n) is 5.74. The number of benzene rings is 1. The van der Waals surface area contributed by atoms with Gasteiger partial charge in [0.2, 0.25) is 0 Å². The maximum atomic E-state index is 6.20. The summed E-state index contributed by atoms with van der Waals surface area (Å²) >= 11 is 12.2. The molecule has 1 aromatic carbocycles. The van der Waals surface area contributed by atoms with Crippen molar-refractivity contribution in [3.8, 4) is 11.3 Å². The van der Waals surface area contributed by atoms with Gasteiger partial charge < -0.3 is 0 Å². The van der Waals surface area contributed by atoms with Gasteiger partial charge in [-0.1, -0.05) is 29.3 Å². The van der Waals surface area contributed by atoms with Crippen molar-refractivity contribution in [1.29, 1.82) is 0 Å². The van der Waals surface area contributed by atoms with E-state index in [-0.39, 0.29) is 0 Å². The van der Waals surface area contributed by atoms with Gasteiger partial charge >= 0.3 is 0 Å². The Morgan fingerprint density at radius 3 is 2.88 bits per heavy atom. The molecule has 0 bridgehead atoms. The average molecular weight is 360 g/mol. The van der Waals surface area contributed by atoms with Crippen molar-refractivity contribution >= 4 is 34.1 Å². The minimum absolute atomic E-state index is 0.483. The van der Waals surface area contributed by atoms with Crippen LogP contribution in [-0.2, 0) is 7.05 Å². The Kier molecular flexibility index (Phi) is 3.62. The molecule has 0 unspecified atom stereocenters. The van der Waals surface area contributed by atoms with E-state index in [4.69, 9.17) is 23.2 Å². The van der Waals surface area contributed by atoms with Crippen molar-refractivity contribution in [3.63, 3.8) is 0 Å². The molecular weight excluding hydrogens is 345 g/mol. The third-order valence-electron chi connectivity index (χ3n) is 4.06. The van der Waals surface area contributed by atoms with E-state index >= 15 is 0 Å². The highest BCUT2D eigenvalue weighted by molar-refractivity contribution is 6.68. The monoisotopic (exact) mass is 359 g/mol. The molecule has 2 aliphatic rings. The first-order valence-electron chi connectivity index (χ1n) is 7.52. The van der Waals surface area contributed by atoms with Crippen LogP contribution in [-0.4, -0.2) is 26.5 Å². The van der Waals surface area contributed by atoms with Crippen LogP contribution in [0.1, 0.15) is 5.56 Å². The normalized spacial score (nSPS) is 16.3. The molecule has 0 saturated heterocycles. The van der Waals surface area contributed by atoms with E-state index in [2.05, 4.69) is 22.0 Å². The maximum Gasteiger partial charge on any atom is 0.150 e. The summed E-state index contributed by atoms with van der Waals surface area (Å²) in [6, 6.07) is 5.85. The third-order valence-corrected chi connectivity index (χ3v) is 4.50. The van der Waals surface area contributed by atoms with Gasteiger partial charge in [0.25, 0.3) is 0 Å². The van der Waals surface area contributed by atoms with Crippen LogP contribution in [0.4, 0.5) is 5.69 Å². The predicted molar refractivity (Wildman–Crippen MR) is 98.1 cm³/mol. The lowest BCUT2D eigenvalue weighted by molar-refractivity contribution is 0.462. The molecule has 0 fully saturated rings. The van der Waals surface area contributed by atoms with Crippen LogP contribution in [0.15, 0.2) is 53.6 Å². The number of nitrogens with zero attached hydrogens (tertiary/aromatic N) is 5. The van der Waals surface area contributed by atoms with Gasteiger partial charge in [-0.15, -0.1) is 0 Å². The van der Waals surface area contributed by atoms with Crippen molar-refractivity contribution in [3.05, 3.63) is 59.2 Å². The third kappa shape index (κ3) is 2.50. The number of aromatic nitrogens is 2. The van der Waals surface area contributed by atoms with Gasteiger partial charge in [-0.2, -0.15) is 5.10 Å². The zero-order chi connectivity index (χ0) is 16.8. The number of rotatable bonds is 2. The van der Waals surface area contributed by atoms with Gasteiger partial charge in [0.1, 0.15) is 16.6 Å². The first-order valence-corrected chi connectivity index (χ1v) is 8.28. The highest BCUT2D eigenvalue weighted by atomic mass is 35.5. The van der Waals surface area contributed by atoms with Crippen molar-refractivity contribution in [2.24, 2.45) is 12.0 Å². The molecule has 0 N–H and O–H groups in total. The number of aryl methyl sites for hydroxylation is 2. The molecule has 7 heteroatoms. The zero-order valence-electron chi connectivity index (χ0n) is 13.2. The van der Waals surface area contributed by atoms with E-state index in [9.17, 15) is 0 Å². The molecule has 4 rings (SSSR count). The first kappa shape index (κ1) is 15.3. The second kappa shape index (κ2) is 5.69. The smallest absolute Gasteiger partial charge is 0.150 e. The van der Waals surface area contributed by atoms with Crippen LogP contribution in [0.3, 0.4) is 0 Å². The van der Waals surface area contributed by atoms with Gasteiger partial charge in [0.05, 0.1) is 12.7 Å². The Morgan fingerprint density at radius 1 is 1.21 bits per heavy atom. The van der Waals surface area contributed by atoms with E-state index in [1.54, 1.807) is 6.08 Å². The number of allylic oxidation sites excluding steroid dienone is 1. The van der Waals surface area contributed by atoms with Crippen LogP contribution in [0, 0.1) is 6.92 Å². The maximum absolute atomic E-state index is 6.20. The number of hydrogen-bond acceptors (Lipinski definition) is 4. The lowest BCUT2D eigenvalue weighted by Crippen LogP contribution is -2.34. The van der Waals surface area contributed by atoms with Gasteiger partial charge in [-0.3, -0.25) is 9.69 Å². The predicted octanol–water partition coefficient (Wildman–Crippen LogP) is 4.09. The molecule has 0 radical (unpaired) electrons. The summed E-state index contributed by atoms with van der Waals surface area (Å²) in [4.78, 5) is 4.35. The summed E-state index contributed by atoms with van der Waals surface area (Å²) in [7, 11) is 1.92. The summed E-state index contributed by atoms with van der Waals surface area (Å²) in [5.74, 6) is 0.820. The standard InChI is InChI=1S/C17H15Cl2N5/c1-11-3-4-12(18)9-13(11)17-14(10-22(2)21-17)23-8-6-16-20-15(19)5-7-24(16)23/h3-7,9-10H,8H2,1-2H3. The molecule has 122 valence electrons. The first-order chi connectivity index (χ1) is 11.5. The molecule has 0 amide bonds. The highest BCUT2D eigenvalue weighted by Crippen LogP contribution is 2.37. The molecule has 0 atom stereocenters. The molecule has 24 heavy (non-hydrogen) atoms. The van der Waals surface area contributed by atoms with Crippen molar-refractivity contribution < 1.29 is 0 Å². The number of hydrazine groups is 1. The highest BCUT2D eigenvalue weighted by Gasteiger charge is 2.28. The van der Waals surface area contributed by atoms with Gasteiger partial charge in [0, 0.05) is 23.8 Å². The number of aliphatic imine (C=N–C) groups is 1. The Balaban J connectivity index is 1.79. The zero-order valence-corrected chi connectivity index (χ0v) is 14.8. The van der Waals surface area contributed by atoms with Crippen LogP contribution in [0.5, 0.6) is 0 Å². The molecular formula is C17H15Cl2N5. The van der Waals surface area contributed by atoms with Crippen molar-refractivity contribution in [2.45, 2.75) is 6.92 Å². The molecule has 1 aromatic heterocycles. The number of fused-ring (bicyclic) bond motifs is 1. The van der Waals surface area contributed by atoms with Crippen LogP contribution < -0.4 is 5.01 Å². The Labute approximate surface area is 150 Å². The van der Waals surface area contributed by atoms with Gasteiger partial charge in [0.15, 0.2) is 5.82 Å². The lowest BCUT2D eigenvalue weighted by atomic mass is 10.1. The molecule has 0 spiro atoms. The number of hydrogen-bond donors (Lipinski definition) is 0. The Morgan fingerprint density at radius 2 is 2.04 bits per heavy atom. The van der Waals surface area contributed by atoms with E-state index in [0.29, 0.717) is 16.7 Å². The number of halogens is 2. The van der Waals surface area contributed by atoms with Crippen LogP contribution >= 0.6 is 23.2 Å². The summed E-state index contributed by atoms with van der Waals surface area (Å²) in [6.45, 7) is 2.76. The Bertz CT molecular complexity index is 910. The summed E-state index contributed by atoms with van der Waals surface area (Å²) in [5, 5.41) is 9.93. The molecule has 0 aliphatic carbocycles. The molecule has 2 aromatic rings. The number of anilines is 1. The topological polar surface area (TPSA) is 36.7 Å². The fourth-order valence-electron chi connectivity index (χ4n) is 2.93. The van der Waals surface area contributed by atoms with Gasteiger partial charge in [-0.25, -0.2) is 10.0 Å². The SMILES string of the molecule is Cc1ccc(Cl)cc1-c1nn(C)cc1N1CC=C2N=C(Cl)C=CN21. The second-order valence-corrected chi connectivity index (χ2v) is 6.56. The summed E-state index contributed by atoms with van der Waals surface area (Å²) < 4.78 is 1.81.